The highest BCUT2D eigenvalue weighted by Gasteiger charge is 2.26. The van der Waals surface area contributed by atoms with Crippen LogP contribution in [0.4, 0.5) is 0 Å². The highest BCUT2D eigenvalue weighted by molar-refractivity contribution is 6.27. The lowest BCUT2D eigenvalue weighted by Gasteiger charge is -2.31. The topological polar surface area (TPSA) is 120 Å². The fourth-order valence-corrected chi connectivity index (χ4v) is 4.16. The van der Waals surface area contributed by atoms with Gasteiger partial charge in [0.2, 0.25) is 0 Å². The molecule has 162 valence electrons. The molecule has 8 heteroatoms. The van der Waals surface area contributed by atoms with E-state index in [0.29, 0.717) is 12.5 Å². The van der Waals surface area contributed by atoms with E-state index >= 15 is 0 Å². The molecule has 2 aliphatic rings. The summed E-state index contributed by atoms with van der Waals surface area (Å²) in [6, 6.07) is 6.06. The molecule has 2 aliphatic heterocycles. The van der Waals surface area contributed by atoms with Gasteiger partial charge in [-0.05, 0) is 75.0 Å². The van der Waals surface area contributed by atoms with Crippen molar-refractivity contribution in [2.45, 2.75) is 44.6 Å². The molecule has 8 nitrogen and oxygen atoms in total. The second kappa shape index (κ2) is 9.86. The maximum atomic E-state index is 12.6. The van der Waals surface area contributed by atoms with Crippen LogP contribution in [0, 0.1) is 0 Å². The number of piperidine rings is 1. The number of nitrogens with one attached hydrogen (secondary N) is 1. The molecule has 1 unspecified atom stereocenters. The Kier molecular flexibility index (Phi) is 7.23. The van der Waals surface area contributed by atoms with Gasteiger partial charge in [0, 0.05) is 29.3 Å². The van der Waals surface area contributed by atoms with Gasteiger partial charge >= 0.3 is 11.9 Å². The number of carboxylic acids is 2. The minimum atomic E-state index is -1.82. The molecule has 0 aliphatic carbocycles. The van der Waals surface area contributed by atoms with E-state index in [1.54, 1.807) is 0 Å². The maximum absolute atomic E-state index is 12.6. The summed E-state index contributed by atoms with van der Waals surface area (Å²) in [6.07, 6.45) is 6.15. The zero-order valence-electron chi connectivity index (χ0n) is 17.1. The summed E-state index contributed by atoms with van der Waals surface area (Å²) in [7, 11) is 0. The van der Waals surface area contributed by atoms with Crippen LogP contribution in [0.3, 0.4) is 0 Å². The zero-order valence-corrected chi connectivity index (χ0v) is 17.1. The van der Waals surface area contributed by atoms with Crippen molar-refractivity contribution in [1.82, 2.24) is 9.88 Å². The average Bonchev–Trinajstić information content (AvgIpc) is 3.43. The number of fused-ring (bicyclic) bond motifs is 1. The predicted octanol–water partition coefficient (Wildman–Crippen LogP) is 2.88. The largest absolute Gasteiger partial charge is 0.473 e. The Labute approximate surface area is 174 Å². The summed E-state index contributed by atoms with van der Waals surface area (Å²) in [5.74, 6) is -2.91. The van der Waals surface area contributed by atoms with Crippen molar-refractivity contribution in [3.05, 3.63) is 35.5 Å². The van der Waals surface area contributed by atoms with Crippen LogP contribution in [-0.4, -0.2) is 70.2 Å². The number of aliphatic carboxylic acids is 2. The lowest BCUT2D eigenvalue weighted by atomic mass is 9.88. The molecule has 2 aromatic rings. The van der Waals surface area contributed by atoms with Crippen molar-refractivity contribution in [1.29, 1.82) is 0 Å². The number of likely N-dealkylation sites (tertiary alicyclic amines) is 1. The highest BCUT2D eigenvalue weighted by Crippen LogP contribution is 2.34. The van der Waals surface area contributed by atoms with Gasteiger partial charge in [0.1, 0.15) is 6.10 Å². The molecular weight excluding hydrogens is 388 g/mol. The van der Waals surface area contributed by atoms with E-state index in [1.165, 1.54) is 36.9 Å². The number of Topliss-reactive ketones (excluding diaryl/α,β-unsaturated/α-hetero) is 1. The van der Waals surface area contributed by atoms with E-state index in [0.717, 1.165) is 30.5 Å². The number of rotatable bonds is 4. The first-order valence-electron chi connectivity index (χ1n) is 10.4. The number of carbonyl (C=O) groups excluding carboxylic acids is 1. The molecule has 30 heavy (non-hydrogen) atoms. The van der Waals surface area contributed by atoms with Gasteiger partial charge in [-0.15, -0.1) is 0 Å². The number of nitrogens with zero attached hydrogens (tertiary/aromatic N) is 1. The Morgan fingerprint density at radius 1 is 1.13 bits per heavy atom. The molecule has 0 amide bonds. The zero-order chi connectivity index (χ0) is 21.7. The molecule has 0 spiro atoms. The monoisotopic (exact) mass is 416 g/mol. The van der Waals surface area contributed by atoms with Crippen molar-refractivity contribution in [2.24, 2.45) is 0 Å². The minimum absolute atomic E-state index is 0.141. The van der Waals surface area contributed by atoms with E-state index < -0.39 is 11.9 Å². The number of aromatic amines is 1. The Hall–Kier alpha value is -2.71. The third kappa shape index (κ3) is 5.06. The van der Waals surface area contributed by atoms with Gasteiger partial charge in [-0.2, -0.15) is 0 Å². The van der Waals surface area contributed by atoms with Crippen molar-refractivity contribution in [3.8, 4) is 0 Å². The molecule has 0 radical (unpaired) electrons. The molecule has 3 heterocycles. The molecule has 2 fully saturated rings. The fraction of sp³-hybridized carbons (Fsp3) is 0.500. The average molecular weight is 416 g/mol. The molecule has 1 atom stereocenters. The minimum Gasteiger partial charge on any atom is -0.473 e. The van der Waals surface area contributed by atoms with Gasteiger partial charge in [-0.25, -0.2) is 9.59 Å². The maximum Gasteiger partial charge on any atom is 0.414 e. The normalized spacial score (nSPS) is 20.0. The van der Waals surface area contributed by atoms with Gasteiger partial charge in [0.25, 0.3) is 0 Å². The van der Waals surface area contributed by atoms with Crippen molar-refractivity contribution in [2.75, 3.05) is 26.2 Å². The summed E-state index contributed by atoms with van der Waals surface area (Å²) < 4.78 is 5.57. The number of carbonyl (C=O) groups is 3. The standard InChI is InChI=1S/C20H26N2O2.C2H2O4/c1-2-22-9-7-14(8-10-22)17-13-21-18-6-5-15(12-16(17)18)20(23)19-4-3-11-24-19;3-1(4)2(5)6/h5-6,12-14,19,21H,2-4,7-11H2,1H3;(H,3,4)(H,5,6). The molecule has 1 aromatic heterocycles. The van der Waals surface area contributed by atoms with Crippen LogP contribution in [0.2, 0.25) is 0 Å². The molecule has 0 saturated carbocycles. The lowest BCUT2D eigenvalue weighted by molar-refractivity contribution is -0.159. The Morgan fingerprint density at radius 2 is 1.83 bits per heavy atom. The van der Waals surface area contributed by atoms with E-state index in [-0.39, 0.29) is 11.9 Å². The second-order valence-electron chi connectivity index (χ2n) is 7.69. The van der Waals surface area contributed by atoms with Gasteiger partial charge in [0.15, 0.2) is 5.78 Å². The first kappa shape index (κ1) is 22.0. The predicted molar refractivity (Wildman–Crippen MR) is 111 cm³/mol. The summed E-state index contributed by atoms with van der Waals surface area (Å²) in [5, 5.41) is 16.0. The van der Waals surface area contributed by atoms with Gasteiger partial charge in [-0.3, -0.25) is 4.79 Å². The number of hydrogen-bond donors (Lipinski definition) is 3. The molecule has 3 N–H and O–H groups in total. The molecular formula is C22H28N2O6. The van der Waals surface area contributed by atoms with E-state index in [9.17, 15) is 4.79 Å². The van der Waals surface area contributed by atoms with Crippen molar-refractivity contribution in [3.63, 3.8) is 0 Å². The van der Waals surface area contributed by atoms with Crippen LogP contribution < -0.4 is 0 Å². The number of ketones is 1. The van der Waals surface area contributed by atoms with Crippen LogP contribution in [0.25, 0.3) is 10.9 Å². The molecule has 4 rings (SSSR count). The van der Waals surface area contributed by atoms with Crippen LogP contribution in [0.15, 0.2) is 24.4 Å². The SMILES string of the molecule is CCN1CCC(c2c[nH]c3ccc(C(=O)C4CCCO4)cc23)CC1.O=C(O)C(=O)O. The Morgan fingerprint density at radius 3 is 2.40 bits per heavy atom. The lowest BCUT2D eigenvalue weighted by Crippen LogP contribution is -2.32. The van der Waals surface area contributed by atoms with Crippen LogP contribution >= 0.6 is 0 Å². The summed E-state index contributed by atoms with van der Waals surface area (Å²) in [6.45, 7) is 6.42. The third-order valence-electron chi connectivity index (χ3n) is 5.88. The van der Waals surface area contributed by atoms with Gasteiger partial charge < -0.3 is 24.8 Å². The van der Waals surface area contributed by atoms with E-state index in [1.807, 2.05) is 12.1 Å². The quantitative estimate of drug-likeness (QED) is 0.518. The molecule has 1 aromatic carbocycles. The van der Waals surface area contributed by atoms with Crippen molar-refractivity contribution < 1.29 is 29.3 Å². The van der Waals surface area contributed by atoms with Gasteiger partial charge in [-0.1, -0.05) is 6.92 Å². The first-order valence-corrected chi connectivity index (χ1v) is 10.4. The van der Waals surface area contributed by atoms with Crippen LogP contribution in [0.5, 0.6) is 0 Å². The Bertz CT molecular complexity index is 895. The Balaban J connectivity index is 0.000000377. The van der Waals surface area contributed by atoms with E-state index in [4.69, 9.17) is 24.5 Å². The van der Waals surface area contributed by atoms with Crippen LogP contribution in [0.1, 0.15) is 54.4 Å². The third-order valence-corrected chi connectivity index (χ3v) is 5.88. The summed E-state index contributed by atoms with van der Waals surface area (Å²) in [5.41, 5.74) is 3.30. The number of aromatic nitrogens is 1. The number of H-pyrrole nitrogens is 1. The summed E-state index contributed by atoms with van der Waals surface area (Å²) in [4.78, 5) is 36.7. The molecule has 0 bridgehead atoms. The molecule has 2 saturated heterocycles. The van der Waals surface area contributed by atoms with E-state index in [2.05, 4.69) is 29.1 Å². The first-order chi connectivity index (χ1) is 14.4. The number of ether oxygens (including phenoxy) is 1. The van der Waals surface area contributed by atoms with Gasteiger partial charge in [0.05, 0.1) is 0 Å². The summed E-state index contributed by atoms with van der Waals surface area (Å²) >= 11 is 0. The van der Waals surface area contributed by atoms with Crippen molar-refractivity contribution >= 4 is 28.6 Å². The fourth-order valence-electron chi connectivity index (χ4n) is 4.16. The second-order valence-corrected chi connectivity index (χ2v) is 7.69. The van der Waals surface area contributed by atoms with Crippen LogP contribution in [-0.2, 0) is 14.3 Å². The number of benzene rings is 1. The smallest absolute Gasteiger partial charge is 0.414 e. The number of hydrogen-bond acceptors (Lipinski definition) is 5. The highest BCUT2D eigenvalue weighted by atomic mass is 16.5. The number of carboxylic acid groups (broad SMARTS) is 2.